The molecule has 4 aromatic rings. The molecule has 8 heteroatoms. The van der Waals surface area contributed by atoms with E-state index in [-0.39, 0.29) is 16.0 Å². The van der Waals surface area contributed by atoms with E-state index in [9.17, 15) is 18.0 Å². The van der Waals surface area contributed by atoms with Gasteiger partial charge in [-0.05, 0) is 60.7 Å². The Kier molecular flexibility index (Phi) is 5.31. The second-order valence-corrected chi connectivity index (χ2v) is 8.57. The number of sulfone groups is 1. The summed E-state index contributed by atoms with van der Waals surface area (Å²) in [4.78, 5) is 24.5. The maximum absolute atomic E-state index is 12.9. The molecule has 156 valence electrons. The highest BCUT2D eigenvalue weighted by molar-refractivity contribution is 7.91. The first kappa shape index (κ1) is 20.4. The summed E-state index contributed by atoms with van der Waals surface area (Å²) < 4.78 is 36.0. The molecule has 0 bridgehead atoms. The van der Waals surface area contributed by atoms with E-state index in [4.69, 9.17) is 9.15 Å². The van der Waals surface area contributed by atoms with E-state index in [1.54, 1.807) is 49.6 Å². The summed E-state index contributed by atoms with van der Waals surface area (Å²) in [5.74, 6) is 0.261. The Hall–Kier alpha value is -3.91. The lowest BCUT2D eigenvalue weighted by Gasteiger charge is -2.08. The third-order valence-electron chi connectivity index (χ3n) is 4.65. The van der Waals surface area contributed by atoms with Gasteiger partial charge in [-0.3, -0.25) is 4.79 Å². The molecule has 1 N–H and O–H groups in total. The van der Waals surface area contributed by atoms with Crippen molar-refractivity contribution in [3.63, 3.8) is 0 Å². The van der Waals surface area contributed by atoms with Gasteiger partial charge in [-0.1, -0.05) is 18.2 Å². The number of fused-ring (bicyclic) bond motifs is 1. The van der Waals surface area contributed by atoms with Gasteiger partial charge in [0.05, 0.1) is 12.0 Å². The quantitative estimate of drug-likeness (QED) is 0.477. The van der Waals surface area contributed by atoms with Gasteiger partial charge in [0.2, 0.25) is 9.84 Å². The molecule has 0 spiro atoms. The number of carbonyl (C=O) groups excluding carboxylic acids is 1. The molecule has 0 aliphatic heterocycles. The number of amides is 1. The van der Waals surface area contributed by atoms with Crippen molar-refractivity contribution in [2.75, 3.05) is 12.4 Å². The molecule has 0 radical (unpaired) electrons. The lowest BCUT2D eigenvalue weighted by Crippen LogP contribution is -2.15. The zero-order valence-corrected chi connectivity index (χ0v) is 17.2. The Morgan fingerprint density at radius 1 is 0.935 bits per heavy atom. The monoisotopic (exact) mass is 435 g/mol. The predicted octanol–water partition coefficient (Wildman–Crippen LogP) is 3.89. The van der Waals surface area contributed by atoms with E-state index < -0.39 is 26.3 Å². The SMILES string of the molecule is COc1ccc(NC(=O)c2ccc3oc(=O)c(S(=O)(=O)c4ccccc4)cc3c2)cc1. The van der Waals surface area contributed by atoms with Crippen LogP contribution in [-0.2, 0) is 9.84 Å². The number of hydrogen-bond donors (Lipinski definition) is 1. The van der Waals surface area contributed by atoms with Crippen molar-refractivity contribution in [1.29, 1.82) is 0 Å². The first-order valence-electron chi connectivity index (χ1n) is 9.22. The van der Waals surface area contributed by atoms with Gasteiger partial charge in [-0.25, -0.2) is 13.2 Å². The topological polar surface area (TPSA) is 103 Å². The number of ether oxygens (including phenoxy) is 1. The number of hydrogen-bond acceptors (Lipinski definition) is 6. The second kappa shape index (κ2) is 8.08. The Labute approximate surface area is 177 Å². The molecule has 4 rings (SSSR count). The zero-order chi connectivity index (χ0) is 22.0. The standard InChI is InChI=1S/C23H17NO6S/c1-29-18-10-8-17(9-11-18)24-22(25)15-7-12-20-16(13-15)14-21(23(26)30-20)31(27,28)19-5-3-2-4-6-19/h2-14H,1H3,(H,24,25). The number of methoxy groups -OCH3 is 1. The van der Waals surface area contributed by atoms with Crippen molar-refractivity contribution in [3.05, 3.63) is 94.8 Å². The van der Waals surface area contributed by atoms with Crippen LogP contribution in [0.3, 0.4) is 0 Å². The fraction of sp³-hybridized carbons (Fsp3) is 0.0435. The van der Waals surface area contributed by atoms with Crippen LogP contribution < -0.4 is 15.7 Å². The van der Waals surface area contributed by atoms with Crippen LogP contribution in [0.15, 0.2) is 97.9 Å². The van der Waals surface area contributed by atoms with Gasteiger partial charge in [0.1, 0.15) is 11.3 Å². The zero-order valence-electron chi connectivity index (χ0n) is 16.4. The summed E-state index contributed by atoms with van der Waals surface area (Å²) in [5.41, 5.74) is 0.0582. The fourth-order valence-electron chi connectivity index (χ4n) is 3.04. The van der Waals surface area contributed by atoms with Gasteiger partial charge < -0.3 is 14.5 Å². The summed E-state index contributed by atoms with van der Waals surface area (Å²) >= 11 is 0. The van der Waals surface area contributed by atoms with Crippen molar-refractivity contribution in [3.8, 4) is 5.75 Å². The van der Waals surface area contributed by atoms with Crippen LogP contribution in [0.5, 0.6) is 5.75 Å². The minimum absolute atomic E-state index is 0.0185. The molecule has 7 nitrogen and oxygen atoms in total. The van der Waals surface area contributed by atoms with E-state index in [1.807, 2.05) is 0 Å². The van der Waals surface area contributed by atoms with Crippen molar-refractivity contribution in [2.45, 2.75) is 9.79 Å². The van der Waals surface area contributed by atoms with E-state index in [1.165, 1.54) is 36.4 Å². The van der Waals surface area contributed by atoms with E-state index >= 15 is 0 Å². The molecule has 31 heavy (non-hydrogen) atoms. The van der Waals surface area contributed by atoms with Crippen LogP contribution in [0.25, 0.3) is 11.0 Å². The molecule has 0 fully saturated rings. The van der Waals surface area contributed by atoms with Gasteiger partial charge in [0.15, 0.2) is 4.90 Å². The molecule has 0 aliphatic carbocycles. The van der Waals surface area contributed by atoms with Gasteiger partial charge in [0, 0.05) is 16.6 Å². The lowest BCUT2D eigenvalue weighted by atomic mass is 10.1. The molecule has 0 unspecified atom stereocenters. The average Bonchev–Trinajstić information content (AvgIpc) is 2.79. The van der Waals surface area contributed by atoms with Crippen LogP contribution in [0, 0.1) is 0 Å². The second-order valence-electron chi connectivity index (χ2n) is 6.65. The van der Waals surface area contributed by atoms with Crippen molar-refractivity contribution >= 4 is 32.4 Å². The highest BCUT2D eigenvalue weighted by atomic mass is 32.2. The molecule has 1 aromatic heterocycles. The van der Waals surface area contributed by atoms with Crippen LogP contribution in [0.4, 0.5) is 5.69 Å². The summed E-state index contributed by atoms with van der Waals surface area (Å²) in [6.45, 7) is 0. The number of rotatable bonds is 5. The van der Waals surface area contributed by atoms with Crippen LogP contribution >= 0.6 is 0 Å². The Balaban J connectivity index is 1.70. The van der Waals surface area contributed by atoms with E-state index in [0.717, 1.165) is 0 Å². The number of anilines is 1. The fourth-order valence-corrected chi connectivity index (χ4v) is 4.35. The van der Waals surface area contributed by atoms with Gasteiger partial charge >= 0.3 is 5.63 Å². The molecular weight excluding hydrogens is 418 g/mol. The van der Waals surface area contributed by atoms with E-state index in [0.29, 0.717) is 16.8 Å². The van der Waals surface area contributed by atoms with Crippen molar-refractivity contribution < 1.29 is 22.4 Å². The van der Waals surface area contributed by atoms with Gasteiger partial charge in [-0.2, -0.15) is 0 Å². The van der Waals surface area contributed by atoms with Crippen LogP contribution in [0.2, 0.25) is 0 Å². The minimum Gasteiger partial charge on any atom is -0.497 e. The van der Waals surface area contributed by atoms with E-state index in [2.05, 4.69) is 5.32 Å². The third kappa shape index (κ3) is 4.06. The van der Waals surface area contributed by atoms with Crippen LogP contribution in [0.1, 0.15) is 10.4 Å². The molecule has 1 heterocycles. The summed E-state index contributed by atoms with van der Waals surface area (Å²) in [6, 6.07) is 20.1. The normalized spacial score (nSPS) is 11.3. The van der Waals surface area contributed by atoms with Crippen molar-refractivity contribution in [2.24, 2.45) is 0 Å². The number of benzene rings is 3. The molecule has 0 saturated heterocycles. The Morgan fingerprint density at radius 3 is 2.32 bits per heavy atom. The molecule has 3 aromatic carbocycles. The van der Waals surface area contributed by atoms with Gasteiger partial charge in [0.25, 0.3) is 5.91 Å². The van der Waals surface area contributed by atoms with Crippen molar-refractivity contribution in [1.82, 2.24) is 0 Å². The molecular formula is C23H17NO6S. The first-order chi connectivity index (χ1) is 14.9. The average molecular weight is 435 g/mol. The molecule has 1 amide bonds. The molecule has 0 saturated carbocycles. The number of nitrogens with one attached hydrogen (secondary N) is 1. The Morgan fingerprint density at radius 2 is 1.65 bits per heavy atom. The minimum atomic E-state index is -4.07. The Bertz CT molecular complexity index is 1420. The highest BCUT2D eigenvalue weighted by Gasteiger charge is 2.23. The van der Waals surface area contributed by atoms with Gasteiger partial charge in [-0.15, -0.1) is 0 Å². The smallest absolute Gasteiger partial charge is 0.355 e. The first-order valence-corrected chi connectivity index (χ1v) is 10.7. The summed E-state index contributed by atoms with van der Waals surface area (Å²) in [7, 11) is -2.52. The maximum atomic E-state index is 12.9. The number of carbonyl (C=O) groups is 1. The largest absolute Gasteiger partial charge is 0.497 e. The maximum Gasteiger partial charge on any atom is 0.355 e. The highest BCUT2D eigenvalue weighted by Crippen LogP contribution is 2.23. The van der Waals surface area contributed by atoms with Crippen LogP contribution in [-0.4, -0.2) is 21.4 Å². The predicted molar refractivity (Wildman–Crippen MR) is 115 cm³/mol. The summed E-state index contributed by atoms with van der Waals surface area (Å²) in [6.07, 6.45) is 0. The molecule has 0 atom stereocenters. The lowest BCUT2D eigenvalue weighted by molar-refractivity contribution is 0.102. The molecule has 0 aliphatic rings. The third-order valence-corrected chi connectivity index (χ3v) is 6.41. The summed E-state index contributed by atoms with van der Waals surface area (Å²) in [5, 5.41) is 3.07.